The molecule has 0 amide bonds. The first kappa shape index (κ1) is 18.0. The molecule has 27 heavy (non-hydrogen) atoms. The van der Waals surface area contributed by atoms with Crippen LogP contribution in [0.25, 0.3) is 5.65 Å². The topological polar surface area (TPSA) is 36.7 Å². The smallest absolute Gasteiger partial charge is 0.157 e. The number of benzene rings is 1. The number of anilines is 1. The van der Waals surface area contributed by atoms with Crippen LogP contribution >= 0.6 is 0 Å². The van der Waals surface area contributed by atoms with E-state index in [9.17, 15) is 0 Å². The summed E-state index contributed by atoms with van der Waals surface area (Å²) < 4.78 is 1.97. The van der Waals surface area contributed by atoms with Crippen molar-refractivity contribution >= 4 is 11.5 Å². The predicted molar refractivity (Wildman–Crippen MR) is 110 cm³/mol. The molecule has 1 saturated heterocycles. The lowest BCUT2D eigenvalue weighted by atomic mass is 10.1. The summed E-state index contributed by atoms with van der Waals surface area (Å²) in [4.78, 5) is 9.66. The molecule has 142 valence electrons. The van der Waals surface area contributed by atoms with Crippen LogP contribution in [-0.2, 0) is 13.0 Å². The Hall–Kier alpha value is -2.40. The quantitative estimate of drug-likeness (QED) is 0.642. The van der Waals surface area contributed by atoms with Crippen LogP contribution < -0.4 is 4.90 Å². The zero-order valence-electron chi connectivity index (χ0n) is 16.4. The van der Waals surface area contributed by atoms with Gasteiger partial charge in [-0.25, -0.2) is 4.98 Å². The van der Waals surface area contributed by atoms with E-state index in [1.165, 1.54) is 18.5 Å². The van der Waals surface area contributed by atoms with Crippen LogP contribution in [0.4, 0.5) is 5.82 Å². The van der Waals surface area contributed by atoms with Gasteiger partial charge < -0.3 is 4.90 Å². The highest BCUT2D eigenvalue weighted by Crippen LogP contribution is 2.23. The van der Waals surface area contributed by atoms with Gasteiger partial charge in [-0.05, 0) is 30.9 Å². The highest BCUT2D eigenvalue weighted by molar-refractivity contribution is 5.50. The Morgan fingerprint density at radius 1 is 1.19 bits per heavy atom. The predicted octanol–water partition coefficient (Wildman–Crippen LogP) is 3.64. The normalized spacial score (nSPS) is 17.6. The van der Waals surface area contributed by atoms with Crippen molar-refractivity contribution in [1.29, 1.82) is 0 Å². The van der Waals surface area contributed by atoms with E-state index < -0.39 is 0 Å². The molecule has 2 aromatic heterocycles. The molecule has 4 rings (SSSR count). The Kier molecular flexibility index (Phi) is 5.39. The van der Waals surface area contributed by atoms with E-state index in [0.29, 0.717) is 5.92 Å². The van der Waals surface area contributed by atoms with Crippen molar-refractivity contribution in [1.82, 2.24) is 19.5 Å². The lowest BCUT2D eigenvalue weighted by Crippen LogP contribution is -2.29. The van der Waals surface area contributed by atoms with Gasteiger partial charge in [0, 0.05) is 44.5 Å². The van der Waals surface area contributed by atoms with Gasteiger partial charge >= 0.3 is 0 Å². The van der Waals surface area contributed by atoms with E-state index in [-0.39, 0.29) is 0 Å². The molecule has 0 saturated carbocycles. The average molecular weight is 364 g/mol. The minimum Gasteiger partial charge on any atom is -0.359 e. The molecule has 0 unspecified atom stereocenters. The zero-order chi connectivity index (χ0) is 18.6. The fraction of sp³-hybridized carbons (Fsp3) is 0.455. The first-order valence-corrected chi connectivity index (χ1v) is 10.0. The number of likely N-dealkylation sites (tertiary alicyclic amines) is 1. The largest absolute Gasteiger partial charge is 0.359 e. The maximum atomic E-state index is 4.72. The third-order valence-electron chi connectivity index (χ3n) is 5.44. The summed E-state index contributed by atoms with van der Waals surface area (Å²) in [6.07, 6.45) is 5.22. The number of nitrogens with zero attached hydrogens (tertiary/aromatic N) is 5. The lowest BCUT2D eigenvalue weighted by molar-refractivity contribution is 0.317. The summed E-state index contributed by atoms with van der Waals surface area (Å²) in [6.45, 7) is 6.65. The van der Waals surface area contributed by atoms with Crippen molar-refractivity contribution in [3.8, 4) is 0 Å². The second-order valence-electron chi connectivity index (χ2n) is 7.71. The Morgan fingerprint density at radius 3 is 2.85 bits per heavy atom. The van der Waals surface area contributed by atoms with E-state index in [1.54, 1.807) is 0 Å². The number of hydrogen-bond acceptors (Lipinski definition) is 4. The summed E-state index contributed by atoms with van der Waals surface area (Å²) in [6, 6.07) is 15.0. The van der Waals surface area contributed by atoms with Gasteiger partial charge in [-0.15, -0.1) is 0 Å². The first-order chi connectivity index (χ1) is 13.2. The molecule has 5 heteroatoms. The zero-order valence-corrected chi connectivity index (χ0v) is 16.4. The second kappa shape index (κ2) is 8.09. The molecule has 1 aliphatic heterocycles. The molecular formula is C22H29N5. The lowest BCUT2D eigenvalue weighted by Gasteiger charge is -2.24. The van der Waals surface area contributed by atoms with Crippen LogP contribution in [-0.4, -0.2) is 46.2 Å². The Bertz CT molecular complexity index is 873. The Labute approximate surface area is 161 Å². The molecule has 0 spiro atoms. The van der Waals surface area contributed by atoms with Gasteiger partial charge in [-0.2, -0.15) is 9.61 Å². The molecule has 1 fully saturated rings. The van der Waals surface area contributed by atoms with Crippen LogP contribution in [0.5, 0.6) is 0 Å². The first-order valence-electron chi connectivity index (χ1n) is 10.0. The Morgan fingerprint density at radius 2 is 2.04 bits per heavy atom. The summed E-state index contributed by atoms with van der Waals surface area (Å²) in [5.74, 6) is 1.84. The van der Waals surface area contributed by atoms with E-state index in [0.717, 1.165) is 49.6 Å². The van der Waals surface area contributed by atoms with Crippen LogP contribution in [0.1, 0.15) is 31.0 Å². The second-order valence-corrected chi connectivity index (χ2v) is 7.71. The standard InChI is InChI=1S/C22H29N5/c1-3-7-20-14-22(27-21(24-20)10-12-23-27)25(2)15-19-11-13-26(17-19)16-18-8-5-4-6-9-18/h4-6,8-10,12,14,19H,3,7,11,13,15-17H2,1-2H3/t19-/m0/s1. The van der Waals surface area contributed by atoms with Crippen molar-refractivity contribution in [2.75, 3.05) is 31.6 Å². The molecular weight excluding hydrogens is 334 g/mol. The average Bonchev–Trinajstić information content (AvgIpc) is 3.31. The van der Waals surface area contributed by atoms with E-state index in [2.05, 4.69) is 65.3 Å². The van der Waals surface area contributed by atoms with Gasteiger partial charge in [0.05, 0.1) is 6.20 Å². The molecule has 3 heterocycles. The van der Waals surface area contributed by atoms with Crippen LogP contribution in [0.3, 0.4) is 0 Å². The van der Waals surface area contributed by atoms with E-state index in [1.807, 2.05) is 16.8 Å². The number of rotatable bonds is 7. The molecule has 5 nitrogen and oxygen atoms in total. The molecule has 1 atom stereocenters. The van der Waals surface area contributed by atoms with Crippen molar-refractivity contribution in [2.45, 2.75) is 32.7 Å². The van der Waals surface area contributed by atoms with Crippen LogP contribution in [0.2, 0.25) is 0 Å². The highest BCUT2D eigenvalue weighted by Gasteiger charge is 2.24. The van der Waals surface area contributed by atoms with Crippen LogP contribution in [0, 0.1) is 5.92 Å². The number of aromatic nitrogens is 3. The number of fused-ring (bicyclic) bond motifs is 1. The van der Waals surface area contributed by atoms with Gasteiger partial charge in [0.2, 0.25) is 0 Å². The third-order valence-corrected chi connectivity index (χ3v) is 5.44. The molecule has 0 aliphatic carbocycles. The summed E-state index contributed by atoms with van der Waals surface area (Å²) in [5, 5.41) is 4.49. The maximum Gasteiger partial charge on any atom is 0.157 e. The van der Waals surface area contributed by atoms with Crippen LogP contribution in [0.15, 0.2) is 48.7 Å². The van der Waals surface area contributed by atoms with Gasteiger partial charge in [-0.1, -0.05) is 43.7 Å². The van der Waals surface area contributed by atoms with Gasteiger partial charge in [0.15, 0.2) is 5.65 Å². The Balaban J connectivity index is 1.43. The van der Waals surface area contributed by atoms with E-state index >= 15 is 0 Å². The number of hydrogen-bond donors (Lipinski definition) is 0. The molecule has 3 aromatic rings. The minimum absolute atomic E-state index is 0.687. The van der Waals surface area contributed by atoms with Gasteiger partial charge in [0.1, 0.15) is 5.82 Å². The number of aryl methyl sites for hydroxylation is 1. The molecule has 0 N–H and O–H groups in total. The maximum absolute atomic E-state index is 4.72. The third kappa shape index (κ3) is 4.14. The van der Waals surface area contributed by atoms with Crippen molar-refractivity contribution in [3.05, 3.63) is 59.9 Å². The SMILES string of the molecule is CCCc1cc(N(C)C[C@@H]2CCN(Cc3ccccc3)C2)n2nccc2n1. The van der Waals surface area contributed by atoms with Gasteiger partial charge in [-0.3, -0.25) is 4.90 Å². The van der Waals surface area contributed by atoms with Crippen molar-refractivity contribution < 1.29 is 0 Å². The van der Waals surface area contributed by atoms with Crippen molar-refractivity contribution in [3.63, 3.8) is 0 Å². The van der Waals surface area contributed by atoms with Gasteiger partial charge in [0.25, 0.3) is 0 Å². The van der Waals surface area contributed by atoms with E-state index in [4.69, 9.17) is 4.98 Å². The summed E-state index contributed by atoms with van der Waals surface area (Å²) in [5.41, 5.74) is 3.51. The summed E-state index contributed by atoms with van der Waals surface area (Å²) in [7, 11) is 2.19. The van der Waals surface area contributed by atoms with Crippen molar-refractivity contribution in [2.24, 2.45) is 5.92 Å². The molecule has 0 bridgehead atoms. The molecule has 1 aliphatic rings. The molecule has 1 aromatic carbocycles. The fourth-order valence-corrected chi connectivity index (χ4v) is 4.13. The molecule has 0 radical (unpaired) electrons. The monoisotopic (exact) mass is 363 g/mol. The minimum atomic E-state index is 0.687. The highest BCUT2D eigenvalue weighted by atomic mass is 15.3. The summed E-state index contributed by atoms with van der Waals surface area (Å²) >= 11 is 0. The fourth-order valence-electron chi connectivity index (χ4n) is 4.13.